The highest BCUT2D eigenvalue weighted by Gasteiger charge is 2.47. The second-order valence-electron chi connectivity index (χ2n) is 9.43. The minimum atomic E-state index is -0.426. The van der Waals surface area contributed by atoms with Crippen molar-refractivity contribution in [1.82, 2.24) is 0 Å². The summed E-state index contributed by atoms with van der Waals surface area (Å²) in [7, 11) is 0. The molecule has 1 aliphatic rings. The van der Waals surface area contributed by atoms with E-state index in [0.29, 0.717) is 0 Å². The number of halogens is 1. The van der Waals surface area contributed by atoms with Crippen LogP contribution in [0.15, 0.2) is 144 Å². The van der Waals surface area contributed by atoms with Crippen LogP contribution in [-0.2, 0) is 5.41 Å². The molecule has 1 aliphatic carbocycles. The van der Waals surface area contributed by atoms with Gasteiger partial charge < -0.3 is 0 Å². The highest BCUT2D eigenvalue weighted by atomic mass is 79.9. The van der Waals surface area contributed by atoms with Crippen molar-refractivity contribution in [2.24, 2.45) is 0 Å². The second-order valence-corrected chi connectivity index (χ2v) is 10.3. The normalized spacial score (nSPS) is 13.4. The van der Waals surface area contributed by atoms with Gasteiger partial charge in [-0.1, -0.05) is 137 Å². The van der Waals surface area contributed by atoms with Gasteiger partial charge in [-0.3, -0.25) is 0 Å². The van der Waals surface area contributed by atoms with E-state index in [1.54, 1.807) is 0 Å². The smallest absolute Gasteiger partial charge is 0.0622 e. The molecule has 0 nitrogen and oxygen atoms in total. The Balaban J connectivity index is 1.72. The van der Waals surface area contributed by atoms with Gasteiger partial charge in [-0.25, -0.2) is 0 Å². The minimum Gasteiger partial charge on any atom is -0.0622 e. The predicted molar refractivity (Wildman–Crippen MR) is 154 cm³/mol. The van der Waals surface area contributed by atoms with Crippen LogP contribution < -0.4 is 0 Å². The fraction of sp³-hybridized carbons (Fsp3) is 0.0286. The van der Waals surface area contributed by atoms with Crippen LogP contribution in [-0.4, -0.2) is 0 Å². The first kappa shape index (κ1) is 21.4. The van der Waals surface area contributed by atoms with Crippen molar-refractivity contribution in [3.8, 4) is 22.3 Å². The van der Waals surface area contributed by atoms with Crippen molar-refractivity contribution >= 4 is 26.7 Å². The molecule has 0 fully saturated rings. The second kappa shape index (κ2) is 8.33. The Morgan fingerprint density at radius 2 is 1.00 bits per heavy atom. The van der Waals surface area contributed by atoms with Gasteiger partial charge in [0, 0.05) is 4.47 Å². The zero-order valence-corrected chi connectivity index (χ0v) is 21.2. The SMILES string of the molecule is Brc1ccc2c(c1)C(c1ccccc1)(c1ccccc1)c1cc(-c3ccccc3)c3ccccc3c1-2. The number of fused-ring (bicyclic) bond motifs is 5. The van der Waals surface area contributed by atoms with E-state index >= 15 is 0 Å². The fourth-order valence-electron chi connectivity index (χ4n) is 6.17. The Morgan fingerprint density at radius 1 is 0.444 bits per heavy atom. The summed E-state index contributed by atoms with van der Waals surface area (Å²) in [6.07, 6.45) is 0. The monoisotopic (exact) mass is 522 g/mol. The molecule has 0 radical (unpaired) electrons. The fourth-order valence-corrected chi connectivity index (χ4v) is 6.53. The lowest BCUT2D eigenvalue weighted by molar-refractivity contribution is 0.769. The van der Waals surface area contributed by atoms with Crippen LogP contribution >= 0.6 is 15.9 Å². The molecule has 0 unspecified atom stereocenters. The van der Waals surface area contributed by atoms with Gasteiger partial charge >= 0.3 is 0 Å². The molecule has 7 rings (SSSR count). The molecule has 0 atom stereocenters. The number of benzene rings is 6. The van der Waals surface area contributed by atoms with Crippen LogP contribution in [0.4, 0.5) is 0 Å². The number of hydrogen-bond donors (Lipinski definition) is 0. The van der Waals surface area contributed by atoms with Gasteiger partial charge in [-0.2, -0.15) is 0 Å². The lowest BCUT2D eigenvalue weighted by atomic mass is 9.67. The molecule has 0 aliphatic heterocycles. The van der Waals surface area contributed by atoms with Crippen molar-refractivity contribution in [1.29, 1.82) is 0 Å². The predicted octanol–water partition coefficient (Wildman–Crippen LogP) is 9.63. The molecular formula is C35H23Br. The molecule has 0 heterocycles. The molecule has 36 heavy (non-hydrogen) atoms. The molecule has 6 aromatic rings. The van der Waals surface area contributed by atoms with Gasteiger partial charge in [-0.15, -0.1) is 0 Å². The number of hydrogen-bond acceptors (Lipinski definition) is 0. The summed E-state index contributed by atoms with van der Waals surface area (Å²) < 4.78 is 1.10. The van der Waals surface area contributed by atoms with Gasteiger partial charge in [0.2, 0.25) is 0 Å². The van der Waals surface area contributed by atoms with Crippen LogP contribution in [0.5, 0.6) is 0 Å². The third kappa shape index (κ3) is 3.00. The summed E-state index contributed by atoms with van der Waals surface area (Å²) in [6, 6.07) is 50.9. The summed E-state index contributed by atoms with van der Waals surface area (Å²) in [4.78, 5) is 0. The van der Waals surface area contributed by atoms with Crippen molar-refractivity contribution in [3.05, 3.63) is 166 Å². The molecule has 0 N–H and O–H groups in total. The van der Waals surface area contributed by atoms with Gasteiger partial charge in [-0.05, 0) is 73.5 Å². The van der Waals surface area contributed by atoms with Crippen molar-refractivity contribution in [2.75, 3.05) is 0 Å². The van der Waals surface area contributed by atoms with Gasteiger partial charge in [0.15, 0.2) is 0 Å². The highest BCUT2D eigenvalue weighted by Crippen LogP contribution is 2.59. The summed E-state index contributed by atoms with van der Waals surface area (Å²) in [5.41, 5.74) is 9.94. The highest BCUT2D eigenvalue weighted by molar-refractivity contribution is 9.10. The van der Waals surface area contributed by atoms with E-state index in [1.165, 1.54) is 55.3 Å². The Morgan fingerprint density at radius 3 is 1.64 bits per heavy atom. The molecule has 6 aromatic carbocycles. The maximum atomic E-state index is 3.81. The molecule has 0 amide bonds. The van der Waals surface area contributed by atoms with Crippen molar-refractivity contribution < 1.29 is 0 Å². The first-order valence-electron chi connectivity index (χ1n) is 12.3. The van der Waals surface area contributed by atoms with E-state index in [0.717, 1.165) is 4.47 Å². The Labute approximate surface area is 220 Å². The van der Waals surface area contributed by atoms with E-state index in [-0.39, 0.29) is 0 Å². The standard InChI is InChI=1S/C35H23Br/c36-27-20-21-30-32(22-27)35(25-14-6-2-7-15-25,26-16-8-3-9-17-26)33-23-31(24-12-4-1-5-13-24)28-18-10-11-19-29(28)34(30)33/h1-23H. The third-order valence-corrected chi connectivity index (χ3v) is 8.10. The topological polar surface area (TPSA) is 0 Å². The van der Waals surface area contributed by atoms with E-state index in [1.807, 2.05) is 0 Å². The molecule has 1 heteroatoms. The lowest BCUT2D eigenvalue weighted by Crippen LogP contribution is -2.28. The lowest BCUT2D eigenvalue weighted by Gasteiger charge is -2.34. The quantitative estimate of drug-likeness (QED) is 0.216. The number of rotatable bonds is 3. The zero-order chi connectivity index (χ0) is 24.1. The van der Waals surface area contributed by atoms with Crippen LogP contribution in [0.1, 0.15) is 22.3 Å². The largest absolute Gasteiger partial charge is 0.0714 e. The van der Waals surface area contributed by atoms with Crippen LogP contribution in [0.2, 0.25) is 0 Å². The first-order valence-corrected chi connectivity index (χ1v) is 13.1. The molecule has 0 saturated carbocycles. The maximum absolute atomic E-state index is 3.81. The summed E-state index contributed by atoms with van der Waals surface area (Å²) >= 11 is 3.81. The van der Waals surface area contributed by atoms with E-state index in [9.17, 15) is 0 Å². The van der Waals surface area contributed by atoms with E-state index in [2.05, 4.69) is 155 Å². The molecule has 0 saturated heterocycles. The van der Waals surface area contributed by atoms with E-state index < -0.39 is 5.41 Å². The molecule has 0 aromatic heterocycles. The molecular weight excluding hydrogens is 500 g/mol. The Hall–Kier alpha value is -3.94. The first-order chi connectivity index (χ1) is 17.8. The Kier molecular flexibility index (Phi) is 4.94. The summed E-state index contributed by atoms with van der Waals surface area (Å²) in [6.45, 7) is 0. The average molecular weight is 523 g/mol. The average Bonchev–Trinajstić information content (AvgIpc) is 3.24. The van der Waals surface area contributed by atoms with Crippen LogP contribution in [0.3, 0.4) is 0 Å². The van der Waals surface area contributed by atoms with Gasteiger partial charge in [0.05, 0.1) is 5.41 Å². The van der Waals surface area contributed by atoms with Gasteiger partial charge in [0.1, 0.15) is 0 Å². The molecule has 0 spiro atoms. The molecule has 170 valence electrons. The zero-order valence-electron chi connectivity index (χ0n) is 19.7. The van der Waals surface area contributed by atoms with Crippen molar-refractivity contribution in [2.45, 2.75) is 5.41 Å². The van der Waals surface area contributed by atoms with Gasteiger partial charge in [0.25, 0.3) is 0 Å². The van der Waals surface area contributed by atoms with E-state index in [4.69, 9.17) is 0 Å². The third-order valence-electron chi connectivity index (χ3n) is 7.60. The minimum absolute atomic E-state index is 0.426. The van der Waals surface area contributed by atoms with Crippen molar-refractivity contribution in [3.63, 3.8) is 0 Å². The summed E-state index contributed by atoms with van der Waals surface area (Å²) in [5, 5.41) is 2.58. The molecule has 0 bridgehead atoms. The van der Waals surface area contributed by atoms with Crippen LogP contribution in [0.25, 0.3) is 33.0 Å². The summed E-state index contributed by atoms with van der Waals surface area (Å²) in [5.74, 6) is 0. The Bertz CT molecular complexity index is 1680. The maximum Gasteiger partial charge on any atom is 0.0714 e. The van der Waals surface area contributed by atoms with Crippen LogP contribution in [0, 0.1) is 0 Å².